The Morgan fingerprint density at radius 1 is 1.33 bits per heavy atom. The van der Waals surface area contributed by atoms with Crippen LogP contribution in [0.2, 0.25) is 0 Å². The van der Waals surface area contributed by atoms with E-state index < -0.39 is 47.3 Å². The number of hydrogen-bond donors (Lipinski definition) is 6. The van der Waals surface area contributed by atoms with Gasteiger partial charge in [-0.05, 0) is 6.92 Å². The molecule has 1 amide bonds. The van der Waals surface area contributed by atoms with Crippen LogP contribution < -0.4 is 10.6 Å². The predicted molar refractivity (Wildman–Crippen MR) is 98.3 cm³/mol. The van der Waals surface area contributed by atoms with Crippen molar-refractivity contribution in [2.75, 3.05) is 13.2 Å². The van der Waals surface area contributed by atoms with Crippen molar-refractivity contribution in [3.8, 4) is 0 Å². The molecule has 10 atom stereocenters. The van der Waals surface area contributed by atoms with E-state index in [1.807, 2.05) is 12.2 Å². The van der Waals surface area contributed by atoms with E-state index in [2.05, 4.69) is 10.6 Å². The molecule has 3 aliphatic rings. The van der Waals surface area contributed by atoms with E-state index in [0.29, 0.717) is 13.2 Å². The lowest BCUT2D eigenvalue weighted by molar-refractivity contribution is -0.206. The predicted octanol–water partition coefficient (Wildman–Crippen LogP) is -1.34. The number of carbonyl (C=O) groups excluding carboxylic acids is 1. The van der Waals surface area contributed by atoms with Gasteiger partial charge in [0.15, 0.2) is 5.44 Å². The molecule has 3 aliphatic heterocycles. The Morgan fingerprint density at radius 2 is 2.07 bits per heavy atom. The molecule has 154 valence electrons. The van der Waals surface area contributed by atoms with E-state index in [9.17, 15) is 24.7 Å². The summed E-state index contributed by atoms with van der Waals surface area (Å²) in [4.78, 5) is 12.8. The molecule has 6 N–H and O–H groups in total. The number of aliphatic hydroxyl groups excluding tert-OH is 3. The second-order valence-corrected chi connectivity index (χ2v) is 8.40. The number of aliphatic hydroxyl groups is 3. The van der Waals surface area contributed by atoms with Crippen molar-refractivity contribution in [1.82, 2.24) is 10.6 Å². The summed E-state index contributed by atoms with van der Waals surface area (Å²) in [5.74, 6) is -0.259. The molecule has 0 saturated carbocycles. The third-order valence-corrected chi connectivity index (χ3v) is 6.11. The summed E-state index contributed by atoms with van der Waals surface area (Å²) in [6.07, 6.45) is -2.01. The Labute approximate surface area is 166 Å². The van der Waals surface area contributed by atoms with Gasteiger partial charge in [-0.15, -0.1) is 11.6 Å². The molecule has 27 heavy (non-hydrogen) atoms. The first kappa shape index (κ1) is 21.3. The summed E-state index contributed by atoms with van der Waals surface area (Å²) in [5, 5.41) is 35.5. The molecule has 2 fully saturated rings. The van der Waals surface area contributed by atoms with Gasteiger partial charge in [-0.2, -0.15) is 0 Å². The Hall–Kier alpha value is -0.430. The highest BCUT2D eigenvalue weighted by atomic mass is 35.5. The summed E-state index contributed by atoms with van der Waals surface area (Å²) >= 11 is 6.44. The average Bonchev–Trinajstić information content (AvgIpc) is 3.09. The Balaban J connectivity index is 1.72. The first-order valence-corrected chi connectivity index (χ1v) is 10.1. The van der Waals surface area contributed by atoms with Gasteiger partial charge in [-0.1, -0.05) is 12.2 Å². The first-order chi connectivity index (χ1) is 12.8. The molecule has 2 saturated heterocycles. The molecule has 0 aromatic heterocycles. The molecule has 11 heteroatoms. The fourth-order valence-electron chi connectivity index (χ4n) is 3.75. The van der Waals surface area contributed by atoms with Crippen LogP contribution in [0.3, 0.4) is 0 Å². The number of hydrogen-bond acceptors (Lipinski definition) is 9. The third kappa shape index (κ3) is 4.29. The molecule has 9 nitrogen and oxygen atoms in total. The smallest absolute Gasteiger partial charge is 0.240 e. The van der Waals surface area contributed by atoms with Gasteiger partial charge in [0.2, 0.25) is 5.91 Å². The lowest BCUT2D eigenvalue weighted by Crippen LogP contribution is -2.65. The second kappa shape index (κ2) is 8.93. The summed E-state index contributed by atoms with van der Waals surface area (Å²) in [5.41, 5.74) is -1.18. The number of fused-ring (bicyclic) bond motifs is 1. The van der Waals surface area contributed by atoms with Crippen molar-refractivity contribution < 1.29 is 34.1 Å². The number of amides is 1. The van der Waals surface area contributed by atoms with Crippen LogP contribution in [-0.2, 0) is 14.3 Å². The van der Waals surface area contributed by atoms with Crippen LogP contribution in [0.4, 0.5) is 0 Å². The highest BCUT2D eigenvalue weighted by Crippen LogP contribution is 2.30. The van der Waals surface area contributed by atoms with Crippen LogP contribution in [0.5, 0.6) is 0 Å². The topological polar surface area (TPSA) is 141 Å². The van der Waals surface area contributed by atoms with Crippen LogP contribution in [0.15, 0.2) is 12.2 Å². The lowest BCUT2D eigenvalue weighted by Gasteiger charge is -2.43. The maximum atomic E-state index is 12.8. The fraction of sp³-hybridized carbons (Fsp3) is 0.812. The quantitative estimate of drug-likeness (QED) is 0.179. The first-order valence-electron chi connectivity index (χ1n) is 8.81. The number of ether oxygens (including phenoxy) is 2. The summed E-state index contributed by atoms with van der Waals surface area (Å²) in [6, 6.07) is -1.46. The van der Waals surface area contributed by atoms with Crippen molar-refractivity contribution in [3.63, 3.8) is 0 Å². The van der Waals surface area contributed by atoms with E-state index in [1.54, 1.807) is 6.92 Å². The standard InChI is InChI=1S/C16H25ClN2O7S/c1-6(17)8(14-11(21)10(20)12(22)16(26-14)27-24)19-15(23)9-13-7(5-18-9)3-2-4-25-13/h2-3,6-14,16,18,20-22,24H,4-5H2,1H3,(H,19,23)/t6-,7-,8+,9-,10+,11?,12+,13+,14+,16?/m0/s1. The van der Waals surface area contributed by atoms with Gasteiger partial charge in [0, 0.05) is 24.5 Å². The minimum Gasteiger partial charge on any atom is -0.388 e. The van der Waals surface area contributed by atoms with E-state index >= 15 is 0 Å². The second-order valence-electron chi connectivity index (χ2n) is 7.03. The normalized spacial score (nSPS) is 43.8. The monoisotopic (exact) mass is 424 g/mol. The number of carbonyl (C=O) groups is 1. The maximum Gasteiger partial charge on any atom is 0.240 e. The van der Waals surface area contributed by atoms with E-state index in [4.69, 9.17) is 21.1 Å². The van der Waals surface area contributed by atoms with E-state index in [0.717, 1.165) is 0 Å². The molecule has 3 rings (SSSR count). The van der Waals surface area contributed by atoms with Crippen molar-refractivity contribution in [2.24, 2.45) is 5.92 Å². The van der Waals surface area contributed by atoms with E-state index in [-0.39, 0.29) is 30.0 Å². The van der Waals surface area contributed by atoms with Crippen LogP contribution in [0, 0.1) is 5.92 Å². The summed E-state index contributed by atoms with van der Waals surface area (Å²) in [7, 11) is 0. The molecule has 0 radical (unpaired) electrons. The van der Waals surface area contributed by atoms with Crippen LogP contribution in [0.25, 0.3) is 0 Å². The highest BCUT2D eigenvalue weighted by Gasteiger charge is 2.49. The Kier molecular flexibility index (Phi) is 7.04. The highest BCUT2D eigenvalue weighted by molar-refractivity contribution is 7.94. The zero-order valence-corrected chi connectivity index (χ0v) is 16.2. The van der Waals surface area contributed by atoms with Gasteiger partial charge in [-0.3, -0.25) is 4.79 Å². The average molecular weight is 425 g/mol. The maximum absolute atomic E-state index is 12.8. The Bertz CT molecular complexity index is 567. The number of rotatable bonds is 5. The molecule has 2 unspecified atom stereocenters. The van der Waals surface area contributed by atoms with Gasteiger partial charge in [-0.25, -0.2) is 0 Å². The minimum atomic E-state index is -1.55. The largest absolute Gasteiger partial charge is 0.388 e. The number of halogens is 1. The van der Waals surface area contributed by atoms with Crippen LogP contribution in [0.1, 0.15) is 6.92 Å². The summed E-state index contributed by atoms with van der Waals surface area (Å²) in [6.45, 7) is 2.66. The van der Waals surface area contributed by atoms with Gasteiger partial charge >= 0.3 is 0 Å². The van der Waals surface area contributed by atoms with Gasteiger partial charge < -0.3 is 40.0 Å². The summed E-state index contributed by atoms with van der Waals surface area (Å²) < 4.78 is 20.5. The fourth-order valence-corrected chi connectivity index (χ4v) is 4.42. The van der Waals surface area contributed by atoms with Gasteiger partial charge in [0.05, 0.1) is 24.1 Å². The van der Waals surface area contributed by atoms with Crippen LogP contribution in [-0.4, -0.2) is 92.3 Å². The van der Waals surface area contributed by atoms with Crippen molar-refractivity contribution in [3.05, 3.63) is 12.2 Å². The molecule has 0 aromatic rings. The zero-order chi connectivity index (χ0) is 19.7. The molecule has 0 spiro atoms. The third-order valence-electron chi connectivity index (χ3n) is 5.24. The van der Waals surface area contributed by atoms with Crippen molar-refractivity contribution in [2.45, 2.75) is 60.3 Å². The Morgan fingerprint density at radius 3 is 2.74 bits per heavy atom. The SMILES string of the molecule is C[C@H](Cl)[C@@H](NC(=O)[C@H]1NC[C@@H]2C=CCO[C@@H]12)[C@H]1OC(SO)[C@H](O)[C@H](O)C1O. The zero-order valence-electron chi connectivity index (χ0n) is 14.6. The minimum absolute atomic E-state index is 0.102. The molecular weight excluding hydrogens is 400 g/mol. The molecule has 0 bridgehead atoms. The van der Waals surface area contributed by atoms with Crippen LogP contribution >= 0.6 is 23.6 Å². The molecule has 0 aromatic carbocycles. The molecule has 3 heterocycles. The van der Waals surface area contributed by atoms with E-state index in [1.165, 1.54) is 0 Å². The van der Waals surface area contributed by atoms with Gasteiger partial charge in [0.25, 0.3) is 0 Å². The number of nitrogens with one attached hydrogen (secondary N) is 2. The lowest BCUT2D eigenvalue weighted by atomic mass is 9.92. The van der Waals surface area contributed by atoms with Crippen molar-refractivity contribution >= 4 is 29.6 Å². The molecular formula is C16H25ClN2O7S. The van der Waals surface area contributed by atoms with Gasteiger partial charge in [0.1, 0.15) is 30.5 Å². The molecule has 0 aliphatic carbocycles. The van der Waals surface area contributed by atoms with Crippen molar-refractivity contribution in [1.29, 1.82) is 0 Å². The number of alkyl halides is 1.